The number of aromatic nitrogens is 5. The summed E-state index contributed by atoms with van der Waals surface area (Å²) in [5, 5.41) is 11.8. The maximum Gasteiger partial charge on any atom is 0.273 e. The number of rotatable bonds is 3. The van der Waals surface area contributed by atoms with E-state index in [4.69, 9.17) is 15.2 Å². The molecule has 0 unspecified atom stereocenters. The summed E-state index contributed by atoms with van der Waals surface area (Å²) < 4.78 is 11.8. The minimum Gasteiger partial charge on any atom is -0.493 e. The molecule has 2 aromatic heterocycles. The van der Waals surface area contributed by atoms with Gasteiger partial charge in [-0.3, -0.25) is 0 Å². The molecule has 0 aliphatic heterocycles. The normalized spacial score (nSPS) is 10.7. The fraction of sp³-hybridized carbons (Fsp3) is 0.167. The van der Waals surface area contributed by atoms with Crippen molar-refractivity contribution in [3.63, 3.8) is 0 Å². The number of benzene rings is 1. The summed E-state index contributed by atoms with van der Waals surface area (Å²) in [5.74, 6) is 1.80. The first-order valence-corrected chi connectivity index (χ1v) is 5.79. The van der Waals surface area contributed by atoms with E-state index in [-0.39, 0.29) is 5.95 Å². The molecule has 0 bridgehead atoms. The maximum atomic E-state index is 5.67. The molecule has 0 saturated carbocycles. The lowest BCUT2D eigenvalue weighted by Crippen LogP contribution is -2.01. The summed E-state index contributed by atoms with van der Waals surface area (Å²) in [6.45, 7) is 0. The Balaban J connectivity index is 2.12. The molecule has 0 fully saturated rings. The van der Waals surface area contributed by atoms with E-state index in [1.54, 1.807) is 26.5 Å². The fourth-order valence-corrected chi connectivity index (χ4v) is 1.84. The van der Waals surface area contributed by atoms with E-state index < -0.39 is 0 Å². The zero-order valence-corrected chi connectivity index (χ0v) is 10.9. The number of nitrogens with zero attached hydrogens (tertiary/aromatic N) is 5. The Bertz CT molecular complexity index is 770. The van der Waals surface area contributed by atoms with Crippen LogP contribution < -0.4 is 15.2 Å². The standard InChI is InChI=1S/C12H12N6O2/c1-19-9-4-3-7(5-10(9)20-2)8-6-14-12-16-15-11(13)18(12)17-8/h3-6H,1-2H3,(H2,13,15). The second-order valence-electron chi connectivity index (χ2n) is 3.98. The molecule has 8 nitrogen and oxygen atoms in total. The van der Waals surface area contributed by atoms with E-state index in [1.807, 2.05) is 12.1 Å². The Morgan fingerprint density at radius 2 is 1.90 bits per heavy atom. The van der Waals surface area contributed by atoms with E-state index in [2.05, 4.69) is 20.3 Å². The monoisotopic (exact) mass is 272 g/mol. The number of anilines is 1. The van der Waals surface area contributed by atoms with Crippen LogP contribution >= 0.6 is 0 Å². The molecule has 0 saturated heterocycles. The molecular weight excluding hydrogens is 260 g/mol. The van der Waals surface area contributed by atoms with E-state index in [9.17, 15) is 0 Å². The number of methoxy groups -OCH3 is 2. The Kier molecular flexibility index (Phi) is 2.82. The highest BCUT2D eigenvalue weighted by molar-refractivity contribution is 5.63. The molecule has 1 aromatic carbocycles. The van der Waals surface area contributed by atoms with Crippen molar-refractivity contribution in [2.75, 3.05) is 20.0 Å². The van der Waals surface area contributed by atoms with Gasteiger partial charge in [0.15, 0.2) is 11.5 Å². The summed E-state index contributed by atoms with van der Waals surface area (Å²) in [7, 11) is 3.16. The SMILES string of the molecule is COc1ccc(-c2cnc3nnc(N)n3n2)cc1OC. The van der Waals surface area contributed by atoms with Crippen LogP contribution in [-0.4, -0.2) is 39.0 Å². The van der Waals surface area contributed by atoms with Crippen LogP contribution in [0.2, 0.25) is 0 Å². The molecule has 20 heavy (non-hydrogen) atoms. The van der Waals surface area contributed by atoms with Crippen molar-refractivity contribution in [2.24, 2.45) is 0 Å². The lowest BCUT2D eigenvalue weighted by Gasteiger charge is -2.09. The van der Waals surface area contributed by atoms with Gasteiger partial charge in [0, 0.05) is 5.56 Å². The zero-order valence-electron chi connectivity index (χ0n) is 10.9. The van der Waals surface area contributed by atoms with Crippen molar-refractivity contribution >= 4 is 11.7 Å². The first-order chi connectivity index (χ1) is 9.72. The quantitative estimate of drug-likeness (QED) is 0.752. The molecule has 102 valence electrons. The number of hydrogen-bond donors (Lipinski definition) is 1. The van der Waals surface area contributed by atoms with Crippen LogP contribution in [0.5, 0.6) is 11.5 Å². The second-order valence-corrected chi connectivity index (χ2v) is 3.98. The van der Waals surface area contributed by atoms with Gasteiger partial charge in [0.1, 0.15) is 5.69 Å². The van der Waals surface area contributed by atoms with Gasteiger partial charge in [-0.1, -0.05) is 0 Å². The minimum absolute atomic E-state index is 0.190. The van der Waals surface area contributed by atoms with E-state index >= 15 is 0 Å². The zero-order chi connectivity index (χ0) is 14.1. The average Bonchev–Trinajstić information content (AvgIpc) is 2.87. The van der Waals surface area contributed by atoms with Gasteiger partial charge < -0.3 is 15.2 Å². The predicted molar refractivity (Wildman–Crippen MR) is 71.5 cm³/mol. The molecule has 0 amide bonds. The first-order valence-electron chi connectivity index (χ1n) is 5.79. The molecule has 0 aliphatic rings. The molecule has 3 aromatic rings. The molecule has 0 aliphatic carbocycles. The summed E-state index contributed by atoms with van der Waals surface area (Å²) in [4.78, 5) is 4.15. The second kappa shape index (κ2) is 4.65. The van der Waals surface area contributed by atoms with Gasteiger partial charge >= 0.3 is 0 Å². The molecule has 2 N–H and O–H groups in total. The van der Waals surface area contributed by atoms with Crippen LogP contribution in [0.25, 0.3) is 17.0 Å². The highest BCUT2D eigenvalue weighted by atomic mass is 16.5. The van der Waals surface area contributed by atoms with Gasteiger partial charge in [-0.05, 0) is 18.2 Å². The number of ether oxygens (including phenoxy) is 2. The number of nitrogens with two attached hydrogens (primary N) is 1. The van der Waals surface area contributed by atoms with Gasteiger partial charge in [0.25, 0.3) is 5.78 Å². The van der Waals surface area contributed by atoms with Crippen molar-refractivity contribution in [3.05, 3.63) is 24.4 Å². The Morgan fingerprint density at radius 3 is 2.65 bits per heavy atom. The van der Waals surface area contributed by atoms with E-state index in [0.29, 0.717) is 23.0 Å². The Labute approximate surface area is 114 Å². The molecular formula is C12H12N6O2. The van der Waals surface area contributed by atoms with Crippen LogP contribution in [0.4, 0.5) is 5.95 Å². The van der Waals surface area contributed by atoms with Gasteiger partial charge in [0.05, 0.1) is 20.4 Å². The highest BCUT2D eigenvalue weighted by Crippen LogP contribution is 2.31. The van der Waals surface area contributed by atoms with Crippen LogP contribution in [0.15, 0.2) is 24.4 Å². The van der Waals surface area contributed by atoms with Crippen LogP contribution in [0, 0.1) is 0 Å². The number of hydrogen-bond acceptors (Lipinski definition) is 7. The minimum atomic E-state index is 0.190. The Morgan fingerprint density at radius 1 is 1.10 bits per heavy atom. The van der Waals surface area contributed by atoms with Crippen molar-refractivity contribution in [1.29, 1.82) is 0 Å². The topological polar surface area (TPSA) is 100 Å². The smallest absolute Gasteiger partial charge is 0.273 e. The summed E-state index contributed by atoms with van der Waals surface area (Å²) in [6, 6.07) is 5.47. The van der Waals surface area contributed by atoms with Crippen molar-refractivity contribution in [3.8, 4) is 22.8 Å². The molecule has 3 rings (SSSR count). The Hall–Kier alpha value is -2.90. The largest absolute Gasteiger partial charge is 0.493 e. The number of nitrogen functional groups attached to an aromatic ring is 1. The maximum absolute atomic E-state index is 5.67. The molecule has 0 spiro atoms. The fourth-order valence-electron chi connectivity index (χ4n) is 1.84. The van der Waals surface area contributed by atoms with Crippen LogP contribution in [0.3, 0.4) is 0 Å². The third-order valence-corrected chi connectivity index (χ3v) is 2.84. The summed E-state index contributed by atoms with van der Waals surface area (Å²) in [5.41, 5.74) is 7.12. The predicted octanol–water partition coefficient (Wildman–Crippen LogP) is 0.786. The summed E-state index contributed by atoms with van der Waals surface area (Å²) in [6.07, 6.45) is 1.60. The molecule has 0 radical (unpaired) electrons. The highest BCUT2D eigenvalue weighted by Gasteiger charge is 2.10. The van der Waals surface area contributed by atoms with Gasteiger partial charge in [-0.2, -0.15) is 9.61 Å². The molecule has 8 heteroatoms. The third kappa shape index (κ3) is 1.87. The summed E-state index contributed by atoms with van der Waals surface area (Å²) >= 11 is 0. The van der Waals surface area contributed by atoms with Gasteiger partial charge in [-0.15, -0.1) is 10.2 Å². The van der Waals surface area contributed by atoms with Crippen LogP contribution in [0.1, 0.15) is 0 Å². The third-order valence-electron chi connectivity index (χ3n) is 2.84. The molecule has 2 heterocycles. The van der Waals surface area contributed by atoms with Crippen molar-refractivity contribution < 1.29 is 9.47 Å². The van der Waals surface area contributed by atoms with Gasteiger partial charge in [0.2, 0.25) is 5.95 Å². The first kappa shape index (κ1) is 12.2. The van der Waals surface area contributed by atoms with Crippen LogP contribution in [-0.2, 0) is 0 Å². The average molecular weight is 272 g/mol. The molecule has 0 atom stereocenters. The lowest BCUT2D eigenvalue weighted by molar-refractivity contribution is 0.355. The van der Waals surface area contributed by atoms with E-state index in [0.717, 1.165) is 5.56 Å². The van der Waals surface area contributed by atoms with Crippen molar-refractivity contribution in [2.45, 2.75) is 0 Å². The lowest BCUT2D eigenvalue weighted by atomic mass is 10.1. The van der Waals surface area contributed by atoms with Gasteiger partial charge in [-0.25, -0.2) is 4.98 Å². The van der Waals surface area contributed by atoms with Crippen molar-refractivity contribution in [1.82, 2.24) is 24.8 Å². The number of fused-ring (bicyclic) bond motifs is 1. The van der Waals surface area contributed by atoms with E-state index in [1.165, 1.54) is 4.52 Å².